The molecule has 0 bridgehead atoms. The summed E-state index contributed by atoms with van der Waals surface area (Å²) in [5.41, 5.74) is 8.01. The first-order chi connectivity index (χ1) is 6.20. The summed E-state index contributed by atoms with van der Waals surface area (Å²) < 4.78 is 0. The van der Waals surface area contributed by atoms with Crippen molar-refractivity contribution in [2.75, 3.05) is 0 Å². The van der Waals surface area contributed by atoms with Gasteiger partial charge in [-0.1, -0.05) is 5.43 Å². The van der Waals surface area contributed by atoms with Crippen LogP contribution >= 0.6 is 0 Å². The van der Waals surface area contributed by atoms with Gasteiger partial charge in [0.25, 0.3) is 0 Å². The molecule has 1 saturated carbocycles. The van der Waals surface area contributed by atoms with Crippen molar-refractivity contribution < 1.29 is 10.2 Å². The van der Waals surface area contributed by atoms with Crippen molar-refractivity contribution in [3.05, 3.63) is 10.4 Å². The monoisotopic (exact) mass is 188 g/mol. The van der Waals surface area contributed by atoms with Crippen molar-refractivity contribution in [2.45, 2.75) is 44.1 Å². The SMILES string of the molecule is NC1N[NH+]([O-])C2CCCCC2[NH+]1[O-]. The second kappa shape index (κ2) is 3.49. The van der Waals surface area contributed by atoms with Crippen molar-refractivity contribution in [3.8, 4) is 0 Å². The van der Waals surface area contributed by atoms with Crippen LogP contribution in [-0.4, -0.2) is 18.4 Å². The van der Waals surface area contributed by atoms with Crippen LogP contribution in [0.4, 0.5) is 0 Å². The molecule has 0 aromatic carbocycles. The summed E-state index contributed by atoms with van der Waals surface area (Å²) in [6, 6.07) is -0.196. The van der Waals surface area contributed by atoms with E-state index in [1.165, 1.54) is 0 Å². The summed E-state index contributed by atoms with van der Waals surface area (Å²) in [7, 11) is 0. The normalized spacial score (nSPS) is 51.5. The molecule has 0 amide bonds. The molecule has 6 nitrogen and oxygen atoms in total. The smallest absolute Gasteiger partial charge is 0.238 e. The summed E-state index contributed by atoms with van der Waals surface area (Å²) in [6.45, 7) is 0. The topological polar surface area (TPSA) is 93.0 Å². The van der Waals surface area contributed by atoms with Crippen LogP contribution in [0.3, 0.4) is 0 Å². The highest BCUT2D eigenvalue weighted by atomic mass is 16.6. The van der Waals surface area contributed by atoms with Crippen LogP contribution < -0.4 is 21.4 Å². The molecule has 5 N–H and O–H groups in total. The highest BCUT2D eigenvalue weighted by Crippen LogP contribution is 2.15. The Bertz CT molecular complexity index is 191. The fraction of sp³-hybridized carbons (Fsp3) is 1.00. The van der Waals surface area contributed by atoms with Crippen molar-refractivity contribution in [1.29, 1.82) is 0 Å². The molecule has 0 spiro atoms. The maximum Gasteiger partial charge on any atom is 0.238 e. The Labute approximate surface area is 76.8 Å². The molecule has 0 aromatic rings. The first-order valence-electron chi connectivity index (χ1n) is 4.80. The second-order valence-electron chi connectivity index (χ2n) is 3.89. The highest BCUT2D eigenvalue weighted by Gasteiger charge is 2.42. The molecular weight excluding hydrogens is 172 g/mol. The van der Waals surface area contributed by atoms with Gasteiger partial charge < -0.3 is 15.5 Å². The zero-order valence-corrected chi connectivity index (χ0v) is 7.45. The Morgan fingerprint density at radius 2 is 1.77 bits per heavy atom. The zero-order chi connectivity index (χ0) is 9.42. The molecule has 13 heavy (non-hydrogen) atoms. The third-order valence-corrected chi connectivity index (χ3v) is 3.07. The van der Waals surface area contributed by atoms with Gasteiger partial charge in [-0.2, -0.15) is 0 Å². The molecule has 0 aromatic heterocycles. The van der Waals surface area contributed by atoms with Crippen LogP contribution in [0.15, 0.2) is 0 Å². The van der Waals surface area contributed by atoms with Crippen LogP contribution in [-0.2, 0) is 0 Å². The van der Waals surface area contributed by atoms with Crippen LogP contribution in [0, 0.1) is 10.4 Å². The molecule has 6 heteroatoms. The number of hydroxylamine groups is 3. The van der Waals surface area contributed by atoms with Gasteiger partial charge >= 0.3 is 0 Å². The average molecular weight is 188 g/mol. The number of quaternary nitrogens is 2. The molecule has 1 aliphatic heterocycles. The van der Waals surface area contributed by atoms with Gasteiger partial charge in [-0.3, -0.25) is 10.9 Å². The molecule has 0 radical (unpaired) electrons. The van der Waals surface area contributed by atoms with Gasteiger partial charge in [0.15, 0.2) is 6.04 Å². The third kappa shape index (κ3) is 1.56. The van der Waals surface area contributed by atoms with Crippen molar-refractivity contribution in [1.82, 2.24) is 5.43 Å². The lowest BCUT2D eigenvalue weighted by Crippen LogP contribution is -3.37. The van der Waals surface area contributed by atoms with Gasteiger partial charge in [0.05, 0.1) is 0 Å². The van der Waals surface area contributed by atoms with E-state index in [0.717, 1.165) is 25.7 Å². The largest absolute Gasteiger partial charge is 0.632 e. The molecule has 5 atom stereocenters. The number of nitrogens with two attached hydrogens (primary N) is 1. The van der Waals surface area contributed by atoms with E-state index < -0.39 is 6.29 Å². The van der Waals surface area contributed by atoms with Gasteiger partial charge in [-0.05, 0) is 12.8 Å². The van der Waals surface area contributed by atoms with Gasteiger partial charge in [0.1, 0.15) is 6.04 Å². The van der Waals surface area contributed by atoms with Crippen LogP contribution in [0.1, 0.15) is 25.7 Å². The number of hydrogen-bond donors (Lipinski definition) is 4. The van der Waals surface area contributed by atoms with Crippen molar-refractivity contribution in [3.63, 3.8) is 0 Å². The molecule has 1 aliphatic carbocycles. The molecule has 1 heterocycles. The van der Waals surface area contributed by atoms with E-state index in [9.17, 15) is 10.4 Å². The minimum Gasteiger partial charge on any atom is -0.632 e. The lowest BCUT2D eigenvalue weighted by atomic mass is 9.90. The van der Waals surface area contributed by atoms with E-state index in [2.05, 4.69) is 5.43 Å². The van der Waals surface area contributed by atoms with Gasteiger partial charge in [-0.25, -0.2) is 0 Å². The number of hydrogen-bond acceptors (Lipinski definition) is 4. The Morgan fingerprint density at radius 1 is 1.15 bits per heavy atom. The predicted octanol–water partition coefficient (Wildman–Crippen LogP) is -3.18. The Morgan fingerprint density at radius 3 is 2.46 bits per heavy atom. The highest BCUT2D eigenvalue weighted by molar-refractivity contribution is 4.76. The summed E-state index contributed by atoms with van der Waals surface area (Å²) in [5, 5.41) is 23.0. The standard InChI is InChI=1S/C7H16N4O2/c8-7-9-11(13)6-4-2-1-3-5(6)10(7)12/h5-7,9-11H,1-4,8H2. The van der Waals surface area contributed by atoms with Crippen LogP contribution in [0.5, 0.6) is 0 Å². The molecular formula is C7H16N4O2. The van der Waals surface area contributed by atoms with E-state index in [0.29, 0.717) is 0 Å². The summed E-state index contributed by atoms with van der Waals surface area (Å²) in [6.07, 6.45) is 3.02. The Kier molecular flexibility index (Phi) is 2.50. The summed E-state index contributed by atoms with van der Waals surface area (Å²) in [4.78, 5) is 0. The summed E-state index contributed by atoms with van der Waals surface area (Å²) >= 11 is 0. The van der Waals surface area contributed by atoms with E-state index >= 15 is 0 Å². The average Bonchev–Trinajstić information content (AvgIpc) is 2.15. The first-order valence-corrected chi connectivity index (χ1v) is 4.80. The van der Waals surface area contributed by atoms with Crippen LogP contribution in [0.25, 0.3) is 0 Å². The number of nitrogens with one attached hydrogen (secondary N) is 3. The minimum absolute atomic E-state index is 0.0179. The third-order valence-electron chi connectivity index (χ3n) is 3.07. The maximum atomic E-state index is 11.6. The molecule has 2 rings (SSSR count). The van der Waals surface area contributed by atoms with E-state index in [1.807, 2.05) is 0 Å². The van der Waals surface area contributed by atoms with Gasteiger partial charge in [-0.15, -0.1) is 0 Å². The molecule has 76 valence electrons. The van der Waals surface area contributed by atoms with Crippen molar-refractivity contribution in [2.24, 2.45) is 5.73 Å². The lowest BCUT2D eigenvalue weighted by Gasteiger charge is -2.50. The number of rotatable bonds is 0. The molecule has 2 aliphatic rings. The molecule has 5 unspecified atom stereocenters. The van der Waals surface area contributed by atoms with E-state index in [1.54, 1.807) is 0 Å². The molecule has 2 fully saturated rings. The summed E-state index contributed by atoms with van der Waals surface area (Å²) in [5.74, 6) is 0. The predicted molar refractivity (Wildman–Crippen MR) is 45.8 cm³/mol. The van der Waals surface area contributed by atoms with E-state index in [-0.39, 0.29) is 22.3 Å². The Hall–Kier alpha value is -0.240. The van der Waals surface area contributed by atoms with Crippen molar-refractivity contribution >= 4 is 0 Å². The second-order valence-corrected chi connectivity index (χ2v) is 3.89. The number of fused-ring (bicyclic) bond motifs is 1. The van der Waals surface area contributed by atoms with Crippen LogP contribution in [0.2, 0.25) is 0 Å². The maximum absolute atomic E-state index is 11.6. The fourth-order valence-corrected chi connectivity index (χ4v) is 2.35. The lowest BCUT2D eigenvalue weighted by molar-refractivity contribution is -1.06. The minimum atomic E-state index is -0.758. The zero-order valence-electron chi connectivity index (χ0n) is 7.45. The van der Waals surface area contributed by atoms with E-state index in [4.69, 9.17) is 5.73 Å². The van der Waals surface area contributed by atoms with Gasteiger partial charge in [0, 0.05) is 12.8 Å². The Balaban J connectivity index is 2.10. The quantitative estimate of drug-likeness (QED) is 0.302. The first kappa shape index (κ1) is 9.32. The fourth-order valence-electron chi connectivity index (χ4n) is 2.35. The molecule has 1 saturated heterocycles. The van der Waals surface area contributed by atoms with Gasteiger partial charge in [0.2, 0.25) is 6.29 Å².